The Balaban J connectivity index is 4.27. The lowest BCUT2D eigenvalue weighted by atomic mass is 9.82. The number of hydrogen-bond donors (Lipinski definition) is 0. The quantitative estimate of drug-likeness (QED) is 0.507. The zero-order valence-electron chi connectivity index (χ0n) is 6.70. The van der Waals surface area contributed by atoms with Gasteiger partial charge in [0.1, 0.15) is 0 Å². The Kier molecular flexibility index (Phi) is 2.69. The van der Waals surface area contributed by atoms with E-state index in [0.717, 1.165) is 6.42 Å². The maximum Gasteiger partial charge on any atom is 0.00517 e. The fourth-order valence-electron chi connectivity index (χ4n) is 0.620. The van der Waals surface area contributed by atoms with Gasteiger partial charge in [-0.1, -0.05) is 32.1 Å². The second-order valence-corrected chi connectivity index (χ2v) is 2.76. The van der Waals surface area contributed by atoms with Crippen molar-refractivity contribution in [1.82, 2.24) is 0 Å². The van der Waals surface area contributed by atoms with Crippen LogP contribution in [0.5, 0.6) is 0 Å². The SMILES string of the molecule is C=CC(C)(CC)C(=C)C. The van der Waals surface area contributed by atoms with Crippen molar-refractivity contribution >= 4 is 0 Å². The molecule has 52 valence electrons. The molecule has 0 heteroatoms. The maximum absolute atomic E-state index is 3.90. The Bertz CT molecular complexity index is 122. The van der Waals surface area contributed by atoms with Gasteiger partial charge >= 0.3 is 0 Å². The van der Waals surface area contributed by atoms with Gasteiger partial charge in [-0.3, -0.25) is 0 Å². The molecule has 0 aromatic carbocycles. The molecule has 0 aromatic rings. The van der Waals surface area contributed by atoms with E-state index >= 15 is 0 Å². The van der Waals surface area contributed by atoms with Gasteiger partial charge in [-0.25, -0.2) is 0 Å². The van der Waals surface area contributed by atoms with Gasteiger partial charge in [0.15, 0.2) is 0 Å². The topological polar surface area (TPSA) is 0 Å². The van der Waals surface area contributed by atoms with Gasteiger partial charge in [-0.2, -0.15) is 0 Å². The molecule has 9 heavy (non-hydrogen) atoms. The first-order chi connectivity index (χ1) is 4.06. The minimum atomic E-state index is 0.153. The maximum atomic E-state index is 3.90. The van der Waals surface area contributed by atoms with Crippen molar-refractivity contribution in [1.29, 1.82) is 0 Å². The van der Waals surface area contributed by atoms with Crippen LogP contribution in [0.15, 0.2) is 24.8 Å². The molecule has 0 heterocycles. The van der Waals surface area contributed by atoms with Crippen LogP contribution < -0.4 is 0 Å². The molecule has 0 N–H and O–H groups in total. The van der Waals surface area contributed by atoms with Crippen molar-refractivity contribution in [3.63, 3.8) is 0 Å². The first-order valence-electron chi connectivity index (χ1n) is 3.36. The summed E-state index contributed by atoms with van der Waals surface area (Å²) in [6.45, 7) is 14.0. The molecule has 0 aliphatic rings. The van der Waals surface area contributed by atoms with E-state index in [4.69, 9.17) is 0 Å². The van der Waals surface area contributed by atoms with E-state index in [1.165, 1.54) is 5.57 Å². The monoisotopic (exact) mass is 124 g/mol. The molecule has 0 saturated carbocycles. The predicted molar refractivity (Wildman–Crippen MR) is 43.4 cm³/mol. The third-order valence-corrected chi connectivity index (χ3v) is 2.16. The predicted octanol–water partition coefficient (Wildman–Crippen LogP) is 3.16. The van der Waals surface area contributed by atoms with Crippen LogP contribution in [-0.4, -0.2) is 0 Å². The minimum absolute atomic E-state index is 0.153. The molecule has 0 fully saturated rings. The van der Waals surface area contributed by atoms with Gasteiger partial charge in [-0.05, 0) is 13.3 Å². The lowest BCUT2D eigenvalue weighted by Gasteiger charge is -2.23. The molecule has 0 aliphatic heterocycles. The molecule has 0 saturated heterocycles. The zero-order chi connectivity index (χ0) is 7.49. The summed E-state index contributed by atoms with van der Waals surface area (Å²) >= 11 is 0. The summed E-state index contributed by atoms with van der Waals surface area (Å²) in [4.78, 5) is 0. The van der Waals surface area contributed by atoms with E-state index in [-0.39, 0.29) is 5.41 Å². The summed E-state index contributed by atoms with van der Waals surface area (Å²) < 4.78 is 0. The average molecular weight is 124 g/mol. The fourth-order valence-corrected chi connectivity index (χ4v) is 0.620. The summed E-state index contributed by atoms with van der Waals surface area (Å²) in [7, 11) is 0. The fraction of sp³-hybridized carbons (Fsp3) is 0.556. The van der Waals surface area contributed by atoms with Gasteiger partial charge in [0.05, 0.1) is 0 Å². The summed E-state index contributed by atoms with van der Waals surface area (Å²) in [5, 5.41) is 0. The third kappa shape index (κ3) is 1.70. The summed E-state index contributed by atoms with van der Waals surface area (Å²) in [6.07, 6.45) is 3.06. The lowest BCUT2D eigenvalue weighted by Crippen LogP contribution is -2.11. The van der Waals surface area contributed by atoms with Crippen molar-refractivity contribution in [2.45, 2.75) is 27.2 Å². The van der Waals surface area contributed by atoms with E-state index in [9.17, 15) is 0 Å². The Hall–Kier alpha value is -0.520. The van der Waals surface area contributed by atoms with Gasteiger partial charge in [0.2, 0.25) is 0 Å². The van der Waals surface area contributed by atoms with Gasteiger partial charge in [0, 0.05) is 5.41 Å². The highest BCUT2D eigenvalue weighted by Crippen LogP contribution is 2.29. The van der Waals surface area contributed by atoms with Crippen LogP contribution in [0.3, 0.4) is 0 Å². The Morgan fingerprint density at radius 2 is 2.11 bits per heavy atom. The van der Waals surface area contributed by atoms with E-state index in [1.54, 1.807) is 0 Å². The van der Waals surface area contributed by atoms with Crippen LogP contribution in [0.2, 0.25) is 0 Å². The summed E-state index contributed by atoms with van der Waals surface area (Å²) in [5.41, 5.74) is 1.35. The molecule has 0 bridgehead atoms. The van der Waals surface area contributed by atoms with Crippen LogP contribution in [0.4, 0.5) is 0 Å². The Labute approximate surface area is 58.3 Å². The first kappa shape index (κ1) is 8.48. The van der Waals surface area contributed by atoms with Crippen molar-refractivity contribution in [2.75, 3.05) is 0 Å². The number of rotatable bonds is 3. The number of hydrogen-bond acceptors (Lipinski definition) is 0. The molecule has 0 spiro atoms. The highest BCUT2D eigenvalue weighted by atomic mass is 14.2. The highest BCUT2D eigenvalue weighted by Gasteiger charge is 2.17. The standard InChI is InChI=1S/C9H16/c1-6-9(5,7-2)8(3)4/h6H,1,3,7H2,2,4-5H3. The van der Waals surface area contributed by atoms with Crippen LogP contribution in [0.25, 0.3) is 0 Å². The van der Waals surface area contributed by atoms with Crippen molar-refractivity contribution in [3.05, 3.63) is 24.8 Å². The van der Waals surface area contributed by atoms with E-state index in [1.807, 2.05) is 13.0 Å². The molecule has 1 atom stereocenters. The molecule has 0 amide bonds. The lowest BCUT2D eigenvalue weighted by molar-refractivity contribution is 0.497. The number of allylic oxidation sites excluding steroid dienone is 2. The largest absolute Gasteiger partial charge is 0.102 e. The molecule has 0 aliphatic carbocycles. The van der Waals surface area contributed by atoms with Crippen LogP contribution >= 0.6 is 0 Å². The Morgan fingerprint density at radius 1 is 1.67 bits per heavy atom. The van der Waals surface area contributed by atoms with Crippen molar-refractivity contribution < 1.29 is 0 Å². The van der Waals surface area contributed by atoms with Crippen molar-refractivity contribution in [2.24, 2.45) is 5.41 Å². The molecular weight excluding hydrogens is 108 g/mol. The second-order valence-electron chi connectivity index (χ2n) is 2.76. The Morgan fingerprint density at radius 3 is 2.11 bits per heavy atom. The first-order valence-corrected chi connectivity index (χ1v) is 3.36. The molecule has 0 aromatic heterocycles. The minimum Gasteiger partial charge on any atom is -0.102 e. The zero-order valence-corrected chi connectivity index (χ0v) is 6.70. The van der Waals surface area contributed by atoms with Gasteiger partial charge in [0.25, 0.3) is 0 Å². The molecular formula is C9H16. The van der Waals surface area contributed by atoms with E-state index in [0.29, 0.717) is 0 Å². The van der Waals surface area contributed by atoms with Crippen LogP contribution in [0.1, 0.15) is 27.2 Å². The van der Waals surface area contributed by atoms with Crippen LogP contribution in [-0.2, 0) is 0 Å². The highest BCUT2D eigenvalue weighted by molar-refractivity contribution is 5.13. The van der Waals surface area contributed by atoms with Gasteiger partial charge in [-0.15, -0.1) is 6.58 Å². The second kappa shape index (κ2) is 2.86. The normalized spacial score (nSPS) is 16.3. The molecule has 0 nitrogen and oxygen atoms in total. The smallest absolute Gasteiger partial charge is 0.00517 e. The summed E-state index contributed by atoms with van der Waals surface area (Å²) in [5.74, 6) is 0. The average Bonchev–Trinajstić information content (AvgIpc) is 1.86. The van der Waals surface area contributed by atoms with Crippen LogP contribution in [0, 0.1) is 5.41 Å². The van der Waals surface area contributed by atoms with E-state index in [2.05, 4.69) is 27.0 Å². The van der Waals surface area contributed by atoms with E-state index < -0.39 is 0 Å². The van der Waals surface area contributed by atoms with Gasteiger partial charge < -0.3 is 0 Å². The summed E-state index contributed by atoms with van der Waals surface area (Å²) in [6, 6.07) is 0. The molecule has 0 radical (unpaired) electrons. The molecule has 0 rings (SSSR count). The third-order valence-electron chi connectivity index (χ3n) is 2.16. The van der Waals surface area contributed by atoms with Crippen molar-refractivity contribution in [3.8, 4) is 0 Å². The molecule has 1 unspecified atom stereocenters.